The summed E-state index contributed by atoms with van der Waals surface area (Å²) in [7, 11) is 0. The number of likely N-dealkylation sites (N-methyl/N-ethyl adjacent to an activating group) is 1. The van der Waals surface area contributed by atoms with Gasteiger partial charge in [-0.1, -0.05) is 54.9 Å². The van der Waals surface area contributed by atoms with Crippen LogP contribution in [0.4, 0.5) is 5.95 Å². The Morgan fingerprint density at radius 1 is 1.13 bits per heavy atom. The van der Waals surface area contributed by atoms with E-state index in [2.05, 4.69) is 21.2 Å². The smallest absolute Gasteiger partial charge is 0.338 e. The van der Waals surface area contributed by atoms with Gasteiger partial charge in [-0.05, 0) is 79.4 Å². The number of aromatic nitrogens is 3. The lowest BCUT2D eigenvalue weighted by Gasteiger charge is -2.29. The molecule has 2 aromatic carbocycles. The first-order valence-electron chi connectivity index (χ1n) is 15.1. The normalized spacial score (nSPS) is 14.1. The summed E-state index contributed by atoms with van der Waals surface area (Å²) in [5, 5.41) is 9.27. The highest BCUT2D eigenvalue weighted by Gasteiger charge is 2.36. The number of esters is 1. The second kappa shape index (κ2) is 16.4. The number of benzene rings is 2. The van der Waals surface area contributed by atoms with Crippen molar-refractivity contribution in [2.24, 2.45) is 0 Å². The number of hydrogen-bond acceptors (Lipinski definition) is 9. The van der Waals surface area contributed by atoms with Crippen LogP contribution in [0.2, 0.25) is 5.02 Å². The minimum Gasteiger partial charge on any atom is -0.490 e. The molecule has 45 heavy (non-hydrogen) atoms. The van der Waals surface area contributed by atoms with Crippen molar-refractivity contribution in [2.75, 3.05) is 38.2 Å². The van der Waals surface area contributed by atoms with Crippen LogP contribution in [-0.4, -0.2) is 64.5 Å². The van der Waals surface area contributed by atoms with Gasteiger partial charge in [-0.3, -0.25) is 4.79 Å². The van der Waals surface area contributed by atoms with E-state index in [1.54, 1.807) is 9.58 Å². The molecule has 1 aliphatic rings. The predicted octanol–water partition coefficient (Wildman–Crippen LogP) is 7.26. The fraction of sp³-hybridized carbons (Fsp3) is 0.438. The van der Waals surface area contributed by atoms with E-state index < -0.39 is 12.0 Å². The van der Waals surface area contributed by atoms with E-state index in [0.717, 1.165) is 18.4 Å². The number of nitrogens with one attached hydrogen (secondary N) is 1. The third-order valence-corrected chi connectivity index (χ3v) is 9.05. The molecule has 1 unspecified atom stereocenters. The highest BCUT2D eigenvalue weighted by Crippen LogP contribution is 2.43. The average Bonchev–Trinajstić information content (AvgIpc) is 3.42. The van der Waals surface area contributed by atoms with Gasteiger partial charge >= 0.3 is 5.97 Å². The van der Waals surface area contributed by atoms with Crippen LogP contribution in [0.15, 0.2) is 57.3 Å². The van der Waals surface area contributed by atoms with Crippen LogP contribution in [0, 0.1) is 0 Å². The molecule has 0 spiro atoms. The minimum absolute atomic E-state index is 0.124. The lowest BCUT2D eigenvalue weighted by atomic mass is 9.95. The van der Waals surface area contributed by atoms with Crippen LogP contribution in [-0.2, 0) is 20.1 Å². The van der Waals surface area contributed by atoms with Gasteiger partial charge in [0.05, 0.1) is 23.3 Å². The first-order chi connectivity index (χ1) is 21.7. The maximum absolute atomic E-state index is 13.6. The van der Waals surface area contributed by atoms with Crippen LogP contribution in [0.25, 0.3) is 0 Å². The number of carbonyl (C=O) groups excluding carboxylic acids is 2. The summed E-state index contributed by atoms with van der Waals surface area (Å²) >= 11 is 11.5. The zero-order chi connectivity index (χ0) is 32.5. The summed E-state index contributed by atoms with van der Waals surface area (Å²) in [5.41, 5.74) is 2.69. The second-order valence-corrected chi connectivity index (χ2v) is 12.4. The zero-order valence-corrected chi connectivity index (χ0v) is 29.4. The van der Waals surface area contributed by atoms with Gasteiger partial charge in [0.25, 0.3) is 5.91 Å². The molecule has 10 nitrogen and oxygen atoms in total. The molecule has 242 valence electrons. The van der Waals surface area contributed by atoms with Gasteiger partial charge in [-0.25, -0.2) is 9.48 Å². The van der Waals surface area contributed by atoms with E-state index in [4.69, 9.17) is 35.9 Å². The summed E-state index contributed by atoms with van der Waals surface area (Å²) in [6, 6.07) is 10.6. The molecule has 0 bridgehead atoms. The molecule has 1 amide bonds. The number of ether oxygens (including phenoxy) is 3. The van der Waals surface area contributed by atoms with Crippen LogP contribution in [0.3, 0.4) is 0 Å². The number of fused-ring (bicyclic) bond motifs is 1. The third-order valence-electron chi connectivity index (χ3n) is 7.20. The molecule has 0 aliphatic carbocycles. The number of rotatable bonds is 15. The number of unbranched alkanes of at least 4 members (excludes halogenated alkanes) is 1. The Bertz CT molecular complexity index is 1540. The van der Waals surface area contributed by atoms with Crippen LogP contribution in [0.5, 0.6) is 11.5 Å². The number of thioether (sulfide) groups is 1. The maximum atomic E-state index is 13.6. The lowest BCUT2D eigenvalue weighted by Crippen LogP contribution is -2.34. The van der Waals surface area contributed by atoms with E-state index in [9.17, 15) is 9.59 Å². The molecule has 0 saturated carbocycles. The van der Waals surface area contributed by atoms with E-state index in [1.807, 2.05) is 71.0 Å². The molecular formula is C32H39BrClN5O5S. The van der Waals surface area contributed by atoms with E-state index in [1.165, 1.54) is 11.8 Å². The monoisotopic (exact) mass is 719 g/mol. The van der Waals surface area contributed by atoms with Crippen LogP contribution >= 0.6 is 39.3 Å². The summed E-state index contributed by atoms with van der Waals surface area (Å²) < 4.78 is 20.0. The predicted molar refractivity (Wildman–Crippen MR) is 180 cm³/mol. The first kappa shape index (κ1) is 34.6. The fourth-order valence-corrected chi connectivity index (χ4v) is 6.55. The fourth-order valence-electron chi connectivity index (χ4n) is 4.86. The zero-order valence-electron chi connectivity index (χ0n) is 26.2. The number of hydrogen-bond donors (Lipinski definition) is 1. The van der Waals surface area contributed by atoms with Crippen molar-refractivity contribution in [1.29, 1.82) is 0 Å². The first-order valence-corrected chi connectivity index (χ1v) is 17.2. The van der Waals surface area contributed by atoms with Crippen LogP contribution < -0.4 is 14.8 Å². The van der Waals surface area contributed by atoms with Gasteiger partial charge in [-0.15, -0.1) is 5.10 Å². The molecule has 2 heterocycles. The third kappa shape index (κ3) is 8.33. The Hall–Kier alpha value is -3.22. The van der Waals surface area contributed by atoms with Crippen molar-refractivity contribution < 1.29 is 23.8 Å². The second-order valence-electron chi connectivity index (χ2n) is 10.2. The average molecular weight is 721 g/mol. The SMILES string of the molecule is CCCCOC(=O)C1=C(C)Nc2nc(SCc3ccccc3Cl)nn2C1c1cc(Br)c(OCC(=O)N(CC)CC)c(OCC)c1. The topological polar surface area (TPSA) is 108 Å². The molecule has 1 atom stereocenters. The number of halogens is 2. The van der Waals surface area contributed by atoms with Crippen molar-refractivity contribution in [3.63, 3.8) is 0 Å². The van der Waals surface area contributed by atoms with Gasteiger partial charge in [0.1, 0.15) is 6.04 Å². The Kier molecular flexibility index (Phi) is 12.6. The van der Waals surface area contributed by atoms with E-state index in [-0.39, 0.29) is 12.5 Å². The minimum atomic E-state index is -0.681. The molecule has 1 aliphatic heterocycles. The van der Waals surface area contributed by atoms with Crippen molar-refractivity contribution in [3.05, 3.63) is 68.3 Å². The molecule has 4 rings (SSSR count). The van der Waals surface area contributed by atoms with E-state index >= 15 is 0 Å². The summed E-state index contributed by atoms with van der Waals surface area (Å²) in [5.74, 6) is 1.33. The Morgan fingerprint density at radius 2 is 1.89 bits per heavy atom. The molecule has 3 aromatic rings. The standard InChI is InChI=1S/C32H39BrClN5O5S/c1-6-10-15-43-30(41)27-20(5)35-31-36-32(45-19-21-13-11-12-14-24(21)34)37-39(31)28(27)22-16-23(33)29(25(17-22)42-9-4)44-18-26(40)38(7-2)8-3/h11-14,16-17,28H,6-10,15,18-19H2,1-5H3,(H,35,36,37). The molecule has 0 fully saturated rings. The van der Waals surface area contributed by atoms with Crippen molar-refractivity contribution in [1.82, 2.24) is 19.7 Å². The number of anilines is 1. The van der Waals surface area contributed by atoms with Gasteiger partial charge in [0.15, 0.2) is 18.1 Å². The molecule has 1 aromatic heterocycles. The largest absolute Gasteiger partial charge is 0.490 e. The summed E-state index contributed by atoms with van der Waals surface area (Å²) in [6.07, 6.45) is 1.65. The van der Waals surface area contributed by atoms with Gasteiger partial charge in [0.2, 0.25) is 11.1 Å². The Labute approximate surface area is 282 Å². The number of amides is 1. The lowest BCUT2D eigenvalue weighted by molar-refractivity contribution is -0.139. The van der Waals surface area contributed by atoms with Gasteiger partial charge in [0, 0.05) is 29.6 Å². The van der Waals surface area contributed by atoms with Crippen molar-refractivity contribution in [3.8, 4) is 11.5 Å². The molecular weight excluding hydrogens is 682 g/mol. The quantitative estimate of drug-likeness (QED) is 0.0986. The summed E-state index contributed by atoms with van der Waals surface area (Å²) in [4.78, 5) is 32.7. The van der Waals surface area contributed by atoms with E-state index in [0.29, 0.717) is 81.0 Å². The van der Waals surface area contributed by atoms with Crippen LogP contribution in [0.1, 0.15) is 64.6 Å². The summed E-state index contributed by atoms with van der Waals surface area (Å²) in [6.45, 7) is 11.3. The maximum Gasteiger partial charge on any atom is 0.338 e. The highest BCUT2D eigenvalue weighted by molar-refractivity contribution is 9.10. The highest BCUT2D eigenvalue weighted by atomic mass is 79.9. The number of nitrogens with zero attached hydrogens (tertiary/aromatic N) is 4. The van der Waals surface area contributed by atoms with Crippen molar-refractivity contribution >= 4 is 57.1 Å². The Balaban J connectivity index is 1.73. The number of carbonyl (C=O) groups is 2. The van der Waals surface area contributed by atoms with Gasteiger partial charge < -0.3 is 24.4 Å². The molecule has 0 saturated heterocycles. The van der Waals surface area contributed by atoms with Gasteiger partial charge in [-0.2, -0.15) is 4.98 Å². The Morgan fingerprint density at radius 3 is 2.58 bits per heavy atom. The molecule has 1 N–H and O–H groups in total. The molecule has 0 radical (unpaired) electrons. The molecule has 13 heteroatoms. The van der Waals surface area contributed by atoms with Crippen molar-refractivity contribution in [2.45, 2.75) is 64.4 Å². The number of allylic oxidation sites excluding steroid dienone is 1.